The smallest absolute Gasteiger partial charge is 0.123 e. The molecule has 0 fully saturated rings. The lowest BCUT2D eigenvalue weighted by Gasteiger charge is -2.44. The zero-order chi connectivity index (χ0) is 16.7. The van der Waals surface area contributed by atoms with Crippen molar-refractivity contribution < 1.29 is 9.50 Å². The van der Waals surface area contributed by atoms with E-state index >= 15 is 0 Å². The minimum atomic E-state index is -1.96. The number of aromatic hydroxyl groups is 1. The molecule has 1 N–H and O–H groups in total. The van der Waals surface area contributed by atoms with Gasteiger partial charge in [0, 0.05) is 0 Å². The number of hydrogen-bond acceptors (Lipinski definition) is 1. The van der Waals surface area contributed by atoms with E-state index in [4.69, 9.17) is 0 Å². The van der Waals surface area contributed by atoms with Gasteiger partial charge in [0.05, 0.1) is 8.07 Å². The number of halogens is 1. The summed E-state index contributed by atoms with van der Waals surface area (Å²) in [4.78, 5) is 0. The molecule has 0 heterocycles. The van der Waals surface area contributed by atoms with E-state index in [1.54, 1.807) is 18.2 Å². The molecule has 0 unspecified atom stereocenters. The zero-order valence-electron chi connectivity index (χ0n) is 14.4. The number of phenols is 1. The van der Waals surface area contributed by atoms with Crippen LogP contribution in [0.3, 0.4) is 0 Å². The molecule has 2 rings (SSSR count). The van der Waals surface area contributed by atoms with E-state index in [0.717, 1.165) is 16.0 Å². The number of hydrogen-bond donors (Lipinski definition) is 1. The molecule has 2 aromatic rings. The van der Waals surface area contributed by atoms with E-state index in [9.17, 15) is 9.50 Å². The van der Waals surface area contributed by atoms with Crippen molar-refractivity contribution in [2.45, 2.75) is 58.2 Å². The fraction of sp³-hybridized carbons (Fsp3) is 0.474. The van der Waals surface area contributed by atoms with E-state index < -0.39 is 8.07 Å². The third-order valence-corrected chi connectivity index (χ3v) is 12.3. The third-order valence-electron chi connectivity index (χ3n) is 5.25. The molecular formula is C19H27FOSi. The molecule has 0 aromatic heterocycles. The quantitative estimate of drug-likeness (QED) is 0.731. The van der Waals surface area contributed by atoms with Crippen molar-refractivity contribution in [1.82, 2.24) is 0 Å². The van der Waals surface area contributed by atoms with Crippen LogP contribution in [0.2, 0.25) is 16.6 Å². The molecule has 1 nitrogen and oxygen atoms in total. The van der Waals surface area contributed by atoms with Crippen molar-refractivity contribution in [3.8, 4) is 5.75 Å². The second-order valence-electron chi connectivity index (χ2n) is 7.26. The first kappa shape index (κ1) is 17.0. The van der Waals surface area contributed by atoms with Crippen molar-refractivity contribution >= 4 is 24.0 Å². The summed E-state index contributed by atoms with van der Waals surface area (Å²) in [5.41, 5.74) is 1.51. The molecule has 0 aliphatic carbocycles. The molecule has 22 heavy (non-hydrogen) atoms. The van der Waals surface area contributed by atoms with Gasteiger partial charge in [0.2, 0.25) is 0 Å². The van der Waals surface area contributed by atoms with Crippen molar-refractivity contribution in [3.05, 3.63) is 36.1 Å². The van der Waals surface area contributed by atoms with E-state index in [1.165, 1.54) is 6.07 Å². The highest BCUT2D eigenvalue weighted by molar-refractivity contribution is 6.95. The summed E-state index contributed by atoms with van der Waals surface area (Å²) in [6.07, 6.45) is 0. The van der Waals surface area contributed by atoms with Gasteiger partial charge in [0.15, 0.2) is 0 Å². The third kappa shape index (κ3) is 2.56. The summed E-state index contributed by atoms with van der Waals surface area (Å²) < 4.78 is 13.6. The molecule has 0 aliphatic heterocycles. The first-order chi connectivity index (χ1) is 10.2. The molecule has 0 bridgehead atoms. The molecule has 0 amide bonds. The van der Waals surface area contributed by atoms with E-state index in [2.05, 4.69) is 41.5 Å². The van der Waals surface area contributed by atoms with Crippen molar-refractivity contribution in [3.63, 3.8) is 0 Å². The van der Waals surface area contributed by atoms with Gasteiger partial charge in [-0.1, -0.05) is 53.7 Å². The molecule has 0 aliphatic rings. The fourth-order valence-corrected chi connectivity index (χ4v) is 11.3. The predicted molar refractivity (Wildman–Crippen MR) is 96.3 cm³/mol. The largest absolute Gasteiger partial charge is 0.508 e. The lowest BCUT2D eigenvalue weighted by molar-refractivity contribution is 0.479. The van der Waals surface area contributed by atoms with Crippen LogP contribution in [-0.2, 0) is 0 Å². The maximum absolute atomic E-state index is 13.6. The molecule has 2 aromatic carbocycles. The summed E-state index contributed by atoms with van der Waals surface area (Å²) in [7, 11) is -1.96. The first-order valence-corrected chi connectivity index (χ1v) is 10.4. The molecular weight excluding hydrogens is 291 g/mol. The van der Waals surface area contributed by atoms with Gasteiger partial charge >= 0.3 is 0 Å². The minimum absolute atomic E-state index is 0.227. The molecule has 0 spiro atoms. The van der Waals surface area contributed by atoms with Gasteiger partial charge in [-0.2, -0.15) is 0 Å². The van der Waals surface area contributed by atoms with Crippen LogP contribution in [-0.4, -0.2) is 13.2 Å². The molecule has 0 atom stereocenters. The predicted octanol–water partition coefficient (Wildman–Crippen LogP) is 5.57. The summed E-state index contributed by atoms with van der Waals surface area (Å²) in [5.74, 6) is 0.150. The van der Waals surface area contributed by atoms with Gasteiger partial charge in [-0.25, -0.2) is 4.39 Å². The van der Waals surface area contributed by atoms with E-state index in [-0.39, 0.29) is 5.82 Å². The summed E-state index contributed by atoms with van der Waals surface area (Å²) in [5, 5.41) is 13.5. The summed E-state index contributed by atoms with van der Waals surface area (Å²) in [6, 6.07) is 8.59. The normalized spacial score (nSPS) is 12.8. The van der Waals surface area contributed by atoms with Crippen LogP contribution in [0.1, 0.15) is 41.5 Å². The van der Waals surface area contributed by atoms with Crippen LogP contribution >= 0.6 is 0 Å². The van der Waals surface area contributed by atoms with Crippen LogP contribution < -0.4 is 5.19 Å². The number of phenolic OH excluding ortho intramolecular Hbond substituents is 1. The Kier molecular flexibility index (Phi) is 4.66. The topological polar surface area (TPSA) is 20.2 Å². The average Bonchev–Trinajstić information content (AvgIpc) is 2.39. The standard InChI is InChI=1S/C19H27FOSi/c1-12(2)22(13(3)4,14(5)6)19-11-16-9-17(20)8-7-15(16)10-18(19)21/h7-14,21H,1-6H3. The van der Waals surface area contributed by atoms with Gasteiger partial charge in [-0.05, 0) is 50.8 Å². The van der Waals surface area contributed by atoms with Crippen molar-refractivity contribution in [2.24, 2.45) is 0 Å². The van der Waals surface area contributed by atoms with Crippen LogP contribution in [0, 0.1) is 5.82 Å². The maximum Gasteiger partial charge on any atom is 0.123 e. The minimum Gasteiger partial charge on any atom is -0.508 e. The van der Waals surface area contributed by atoms with Crippen molar-refractivity contribution in [2.75, 3.05) is 0 Å². The number of rotatable bonds is 4. The van der Waals surface area contributed by atoms with Gasteiger partial charge < -0.3 is 5.11 Å². The Morgan fingerprint density at radius 2 is 1.36 bits per heavy atom. The van der Waals surface area contributed by atoms with E-state index in [0.29, 0.717) is 22.4 Å². The lowest BCUT2D eigenvalue weighted by Crippen LogP contribution is -2.55. The Morgan fingerprint density at radius 1 is 0.818 bits per heavy atom. The Bertz CT molecular complexity index is 655. The van der Waals surface area contributed by atoms with Crippen LogP contribution in [0.4, 0.5) is 4.39 Å². The Hall–Kier alpha value is -1.35. The number of benzene rings is 2. The molecule has 0 saturated heterocycles. The zero-order valence-corrected chi connectivity index (χ0v) is 15.4. The van der Waals surface area contributed by atoms with Gasteiger partial charge in [-0.3, -0.25) is 0 Å². The monoisotopic (exact) mass is 318 g/mol. The highest BCUT2D eigenvalue weighted by Gasteiger charge is 2.45. The molecule has 0 radical (unpaired) electrons. The Labute approximate surface area is 134 Å². The summed E-state index contributed by atoms with van der Waals surface area (Å²) in [6.45, 7) is 13.6. The molecule has 3 heteroatoms. The second kappa shape index (κ2) is 6.03. The maximum atomic E-state index is 13.6. The van der Waals surface area contributed by atoms with Crippen LogP contribution in [0.15, 0.2) is 30.3 Å². The second-order valence-corrected chi connectivity index (χ2v) is 13.1. The highest BCUT2D eigenvalue weighted by atomic mass is 28.3. The van der Waals surface area contributed by atoms with Gasteiger partial charge in [-0.15, -0.1) is 0 Å². The van der Waals surface area contributed by atoms with Gasteiger partial charge in [0.25, 0.3) is 0 Å². The van der Waals surface area contributed by atoms with E-state index in [1.807, 2.05) is 6.07 Å². The molecule has 0 saturated carbocycles. The lowest BCUT2D eigenvalue weighted by atomic mass is 10.1. The first-order valence-electron chi connectivity index (χ1n) is 8.14. The Balaban J connectivity index is 2.81. The average molecular weight is 319 g/mol. The van der Waals surface area contributed by atoms with Gasteiger partial charge in [0.1, 0.15) is 11.6 Å². The van der Waals surface area contributed by atoms with Crippen LogP contribution in [0.5, 0.6) is 5.75 Å². The van der Waals surface area contributed by atoms with Crippen LogP contribution in [0.25, 0.3) is 10.8 Å². The SMILES string of the molecule is CC(C)[Si](c1cc2cc(F)ccc2cc1O)(C(C)C)C(C)C. The number of fused-ring (bicyclic) bond motifs is 1. The van der Waals surface area contributed by atoms with Crippen molar-refractivity contribution in [1.29, 1.82) is 0 Å². The summed E-state index contributed by atoms with van der Waals surface area (Å²) >= 11 is 0. The Morgan fingerprint density at radius 3 is 1.86 bits per heavy atom. The highest BCUT2D eigenvalue weighted by Crippen LogP contribution is 2.43. The molecule has 120 valence electrons. The fourth-order valence-electron chi connectivity index (χ4n) is 4.54.